The number of nitrogens with zero attached hydrogens (tertiary/aromatic N) is 2. The molecule has 174 valence electrons. The minimum atomic E-state index is -3.83. The number of rotatable bonds is 8. The van der Waals surface area contributed by atoms with E-state index >= 15 is 0 Å². The van der Waals surface area contributed by atoms with Crippen molar-refractivity contribution in [2.24, 2.45) is 0 Å². The Labute approximate surface area is 198 Å². The van der Waals surface area contributed by atoms with Crippen molar-refractivity contribution in [2.75, 3.05) is 0 Å². The summed E-state index contributed by atoms with van der Waals surface area (Å²) in [5, 5.41) is 9.94. The molecule has 4 aromatic rings. The van der Waals surface area contributed by atoms with Crippen LogP contribution in [0.5, 0.6) is 0 Å². The van der Waals surface area contributed by atoms with E-state index < -0.39 is 22.0 Å². The van der Waals surface area contributed by atoms with Crippen molar-refractivity contribution in [3.8, 4) is 0 Å². The van der Waals surface area contributed by atoms with Crippen LogP contribution in [0, 0.1) is 13.8 Å². The van der Waals surface area contributed by atoms with Crippen LogP contribution in [0.3, 0.4) is 0 Å². The maximum Gasteiger partial charge on any atom is 0.252 e. The van der Waals surface area contributed by atoms with Crippen molar-refractivity contribution in [2.45, 2.75) is 31.3 Å². The molecule has 1 aromatic heterocycles. The molecule has 0 aliphatic rings. The van der Waals surface area contributed by atoms with Gasteiger partial charge < -0.3 is 5.32 Å². The van der Waals surface area contributed by atoms with Crippen molar-refractivity contribution >= 4 is 15.9 Å². The molecule has 0 aliphatic heterocycles. The summed E-state index contributed by atoms with van der Waals surface area (Å²) in [6.45, 7) is 3.63. The minimum absolute atomic E-state index is 0.0566. The Hall–Kier alpha value is -3.82. The van der Waals surface area contributed by atoms with Gasteiger partial charge in [-0.1, -0.05) is 66.7 Å². The van der Waals surface area contributed by atoms with E-state index in [1.807, 2.05) is 60.7 Å². The average Bonchev–Trinajstić information content (AvgIpc) is 3.28. The molecule has 0 fully saturated rings. The second kappa shape index (κ2) is 9.98. The molecular weight excluding hydrogens is 450 g/mol. The first-order chi connectivity index (χ1) is 16.3. The zero-order valence-corrected chi connectivity index (χ0v) is 19.6. The molecule has 9 heteroatoms. The van der Waals surface area contributed by atoms with Crippen LogP contribution >= 0.6 is 0 Å². The molecule has 0 spiro atoms. The molecule has 1 atom stereocenters. The molecule has 1 heterocycles. The quantitative estimate of drug-likeness (QED) is 0.361. The molecule has 0 saturated heterocycles. The van der Waals surface area contributed by atoms with Gasteiger partial charge in [-0.15, -0.1) is 0 Å². The van der Waals surface area contributed by atoms with Crippen LogP contribution in [0.4, 0.5) is 0 Å². The van der Waals surface area contributed by atoms with Gasteiger partial charge in [-0.2, -0.15) is 5.10 Å². The molecular formula is C25H25N5O3S. The molecule has 3 N–H and O–H groups in total. The Balaban J connectivity index is 1.59. The Morgan fingerprint density at radius 3 is 2.29 bits per heavy atom. The zero-order chi connectivity index (χ0) is 24.1. The fraction of sp³-hybridized carbons (Fsp3) is 0.160. The molecule has 0 aliphatic carbocycles. The number of aromatic nitrogens is 3. The summed E-state index contributed by atoms with van der Waals surface area (Å²) in [7, 11) is -3.83. The second-order valence-electron chi connectivity index (χ2n) is 7.89. The number of carbonyl (C=O) groups is 1. The van der Waals surface area contributed by atoms with E-state index in [0.717, 1.165) is 11.1 Å². The van der Waals surface area contributed by atoms with Crippen molar-refractivity contribution in [1.82, 2.24) is 25.2 Å². The Morgan fingerprint density at radius 2 is 1.65 bits per heavy atom. The highest BCUT2D eigenvalue weighted by molar-refractivity contribution is 7.89. The number of carbonyl (C=O) groups excluding carboxylic acids is 1. The number of hydrogen-bond acceptors (Lipinski definition) is 5. The van der Waals surface area contributed by atoms with Gasteiger partial charge in [0.1, 0.15) is 11.9 Å². The van der Waals surface area contributed by atoms with Gasteiger partial charge in [0.2, 0.25) is 10.0 Å². The van der Waals surface area contributed by atoms with Gasteiger partial charge in [0.05, 0.1) is 4.90 Å². The first-order valence-electron chi connectivity index (χ1n) is 10.7. The van der Waals surface area contributed by atoms with Gasteiger partial charge in [0.25, 0.3) is 5.91 Å². The summed E-state index contributed by atoms with van der Waals surface area (Å²) >= 11 is 0. The highest BCUT2D eigenvalue weighted by Crippen LogP contribution is 2.22. The zero-order valence-electron chi connectivity index (χ0n) is 18.8. The fourth-order valence-corrected chi connectivity index (χ4v) is 4.81. The van der Waals surface area contributed by atoms with Crippen LogP contribution in [0.1, 0.15) is 44.7 Å². The van der Waals surface area contributed by atoms with E-state index in [9.17, 15) is 13.2 Å². The number of sulfonamides is 1. The largest absolute Gasteiger partial charge is 0.338 e. The van der Waals surface area contributed by atoms with Crippen molar-refractivity contribution < 1.29 is 13.2 Å². The van der Waals surface area contributed by atoms with Crippen LogP contribution in [-0.2, 0) is 16.6 Å². The number of H-pyrrole nitrogens is 1. The van der Waals surface area contributed by atoms with Gasteiger partial charge >= 0.3 is 0 Å². The lowest BCUT2D eigenvalue weighted by Gasteiger charge is -2.17. The van der Waals surface area contributed by atoms with Gasteiger partial charge in [0.15, 0.2) is 5.82 Å². The summed E-state index contributed by atoms with van der Waals surface area (Å²) in [6, 6.07) is 22.6. The first-order valence-corrected chi connectivity index (χ1v) is 12.2. The highest BCUT2D eigenvalue weighted by Gasteiger charge is 2.24. The molecule has 3 aromatic carbocycles. The summed E-state index contributed by atoms with van der Waals surface area (Å²) in [4.78, 5) is 17.6. The number of benzene rings is 3. The van der Waals surface area contributed by atoms with Gasteiger partial charge in [-0.05, 0) is 42.7 Å². The van der Waals surface area contributed by atoms with Crippen LogP contribution in [0.15, 0.2) is 83.8 Å². The topological polar surface area (TPSA) is 117 Å². The predicted octanol–water partition coefficient (Wildman–Crippen LogP) is 3.42. The van der Waals surface area contributed by atoms with Crippen LogP contribution in [-0.4, -0.2) is 29.5 Å². The SMILES string of the molecule is Cc1nc(C(NC(=O)c2ccc(C)c(S(=O)(=O)NCc3ccccc3)c2)c2ccccc2)n[nH]1. The van der Waals surface area contributed by atoms with Crippen LogP contribution in [0.25, 0.3) is 0 Å². The number of aryl methyl sites for hydroxylation is 2. The lowest BCUT2D eigenvalue weighted by atomic mass is 10.1. The van der Waals surface area contributed by atoms with E-state index in [4.69, 9.17) is 0 Å². The molecule has 4 rings (SSSR count). The lowest BCUT2D eigenvalue weighted by Crippen LogP contribution is -2.30. The maximum atomic E-state index is 13.2. The van der Waals surface area contributed by atoms with Gasteiger partial charge in [-0.25, -0.2) is 18.1 Å². The molecule has 8 nitrogen and oxygen atoms in total. The van der Waals surface area contributed by atoms with Crippen LogP contribution in [0.2, 0.25) is 0 Å². The summed E-state index contributed by atoms with van der Waals surface area (Å²) in [6.07, 6.45) is 0. The van der Waals surface area contributed by atoms with Gasteiger partial charge in [0, 0.05) is 12.1 Å². The Kier molecular flexibility index (Phi) is 6.85. The average molecular weight is 476 g/mol. The van der Waals surface area contributed by atoms with E-state index in [2.05, 4.69) is 25.2 Å². The third kappa shape index (κ3) is 5.38. The molecule has 1 unspecified atom stereocenters. The first kappa shape index (κ1) is 23.3. The van der Waals surface area contributed by atoms with Crippen molar-refractivity contribution in [3.63, 3.8) is 0 Å². The Morgan fingerprint density at radius 1 is 0.971 bits per heavy atom. The molecule has 0 bridgehead atoms. The summed E-state index contributed by atoms with van der Waals surface area (Å²) < 4.78 is 28.6. The minimum Gasteiger partial charge on any atom is -0.338 e. The third-order valence-electron chi connectivity index (χ3n) is 5.33. The van der Waals surface area contributed by atoms with E-state index in [-0.39, 0.29) is 17.0 Å². The number of amides is 1. The fourth-order valence-electron chi connectivity index (χ4n) is 3.53. The molecule has 34 heavy (non-hydrogen) atoms. The highest BCUT2D eigenvalue weighted by atomic mass is 32.2. The molecule has 1 amide bonds. The molecule has 0 saturated carbocycles. The lowest BCUT2D eigenvalue weighted by molar-refractivity contribution is 0.0941. The molecule has 0 radical (unpaired) electrons. The monoisotopic (exact) mass is 475 g/mol. The standard InChI is InChI=1S/C25H25N5O3S/c1-17-13-14-21(15-22(17)34(32,33)26-16-19-9-5-3-6-10-19)25(31)28-23(20-11-7-4-8-12-20)24-27-18(2)29-30-24/h3-15,23,26H,16H2,1-2H3,(H,28,31)(H,27,29,30). The summed E-state index contributed by atoms with van der Waals surface area (Å²) in [5.41, 5.74) is 2.41. The van der Waals surface area contributed by atoms with Crippen LogP contribution < -0.4 is 10.0 Å². The van der Waals surface area contributed by atoms with Crippen molar-refractivity contribution in [1.29, 1.82) is 0 Å². The predicted molar refractivity (Wildman–Crippen MR) is 129 cm³/mol. The summed E-state index contributed by atoms with van der Waals surface area (Å²) in [5.74, 6) is 0.607. The Bertz CT molecular complexity index is 1390. The van der Waals surface area contributed by atoms with E-state index in [1.54, 1.807) is 26.0 Å². The number of aromatic amines is 1. The van der Waals surface area contributed by atoms with Gasteiger partial charge in [-0.3, -0.25) is 9.89 Å². The van der Waals surface area contributed by atoms with E-state index in [1.165, 1.54) is 6.07 Å². The normalized spacial score (nSPS) is 12.3. The third-order valence-corrected chi connectivity index (χ3v) is 6.87. The van der Waals surface area contributed by atoms with E-state index in [0.29, 0.717) is 17.2 Å². The number of hydrogen-bond donors (Lipinski definition) is 3. The maximum absolute atomic E-state index is 13.2. The van der Waals surface area contributed by atoms with Crippen molar-refractivity contribution in [3.05, 3.63) is 113 Å². The smallest absolute Gasteiger partial charge is 0.252 e. The second-order valence-corrected chi connectivity index (χ2v) is 9.62. The number of nitrogens with one attached hydrogen (secondary N) is 3.